The van der Waals surface area contributed by atoms with Gasteiger partial charge in [-0.05, 0) is 51.0 Å². The second-order valence-electron chi connectivity index (χ2n) is 11.3. The van der Waals surface area contributed by atoms with Gasteiger partial charge in [-0.2, -0.15) is 24.1 Å². The zero-order valence-corrected chi connectivity index (χ0v) is 25.0. The Morgan fingerprint density at radius 3 is 2.69 bits per heavy atom. The average Bonchev–Trinajstić information content (AvgIpc) is 3.72. The van der Waals surface area contributed by atoms with E-state index in [0.717, 1.165) is 13.1 Å². The number of likely N-dealkylation sites (tertiary alicyclic amines) is 1. The number of piperidine rings is 1. The Morgan fingerprint density at radius 2 is 1.93 bits per heavy atom. The van der Waals surface area contributed by atoms with Crippen LogP contribution in [0, 0.1) is 0 Å². The number of benzene rings is 1. The Hall–Kier alpha value is -4.89. The number of ether oxygens (including phenoxy) is 2. The number of halogens is 2. The van der Waals surface area contributed by atoms with E-state index in [0.29, 0.717) is 42.6 Å². The first kappa shape index (κ1) is 30.1. The Kier molecular flexibility index (Phi) is 8.20. The number of carbonyl (C=O) groups is 1. The molecule has 13 nitrogen and oxygen atoms in total. The number of nitrogens with one attached hydrogen (secondary N) is 1. The molecule has 1 fully saturated rings. The lowest BCUT2D eigenvalue weighted by Crippen LogP contribution is -2.48. The van der Waals surface area contributed by atoms with Crippen LogP contribution in [0.3, 0.4) is 0 Å². The van der Waals surface area contributed by atoms with Crippen molar-refractivity contribution in [2.45, 2.75) is 51.5 Å². The van der Waals surface area contributed by atoms with Gasteiger partial charge >= 0.3 is 6.61 Å². The molecule has 1 aliphatic heterocycles. The second-order valence-corrected chi connectivity index (χ2v) is 11.3. The lowest BCUT2D eigenvalue weighted by Gasteiger charge is -2.39. The Labute approximate surface area is 257 Å². The van der Waals surface area contributed by atoms with E-state index in [9.17, 15) is 18.7 Å². The van der Waals surface area contributed by atoms with Gasteiger partial charge in [0, 0.05) is 44.8 Å². The monoisotopic (exact) mass is 621 g/mol. The predicted octanol–water partition coefficient (Wildman–Crippen LogP) is 4.21. The first-order chi connectivity index (χ1) is 21.6. The Morgan fingerprint density at radius 1 is 1.13 bits per heavy atom. The van der Waals surface area contributed by atoms with Crippen molar-refractivity contribution in [3.05, 3.63) is 67.0 Å². The molecule has 2 N–H and O–H groups in total. The summed E-state index contributed by atoms with van der Waals surface area (Å²) in [7, 11) is 1.64. The number of anilines is 1. The zero-order chi connectivity index (χ0) is 31.7. The van der Waals surface area contributed by atoms with E-state index >= 15 is 0 Å². The Balaban J connectivity index is 1.23. The number of aliphatic hydroxyl groups is 1. The fraction of sp³-hybridized carbons (Fsp3) is 0.367. The van der Waals surface area contributed by atoms with E-state index in [-0.39, 0.29) is 28.3 Å². The maximum atomic E-state index is 13.4. The van der Waals surface area contributed by atoms with Crippen LogP contribution >= 0.6 is 0 Å². The van der Waals surface area contributed by atoms with E-state index in [1.54, 1.807) is 42.6 Å². The average molecular weight is 622 g/mol. The number of aryl methyl sites for hydroxylation is 1. The predicted molar refractivity (Wildman–Crippen MR) is 159 cm³/mol. The van der Waals surface area contributed by atoms with Crippen molar-refractivity contribution in [2.24, 2.45) is 7.05 Å². The molecule has 0 unspecified atom stereocenters. The standard InChI is InChI=1S/C30H33F2N9O4/c1-19(2)39-11-7-30(43,8-12-39)18-40-16-21(14-34-40)44-20-5-6-25(45-29(31)32)22(13-20)26-24(17-38(3)37-26)36-28(42)23-15-35-41-10-4-9-33-27(23)41/h4-6,9-10,13-17,19,29,43H,7-8,11-12,18H2,1-3H3,(H,36,42). The number of carbonyl (C=O) groups excluding carboxylic acids is 1. The van der Waals surface area contributed by atoms with E-state index < -0.39 is 18.1 Å². The molecule has 0 aliphatic carbocycles. The number of aromatic nitrogens is 7. The topological polar surface area (TPSA) is 137 Å². The molecular weight excluding hydrogens is 588 g/mol. The van der Waals surface area contributed by atoms with Crippen LogP contribution in [0.15, 0.2) is 61.4 Å². The van der Waals surface area contributed by atoms with Gasteiger partial charge in [0.25, 0.3) is 5.91 Å². The number of hydrogen-bond donors (Lipinski definition) is 2. The summed E-state index contributed by atoms with van der Waals surface area (Å²) in [6.45, 7) is 3.11. The third kappa shape index (κ3) is 6.63. The maximum absolute atomic E-state index is 13.4. The normalized spacial score (nSPS) is 15.2. The second kappa shape index (κ2) is 12.2. The molecule has 15 heteroatoms. The molecule has 5 aromatic rings. The van der Waals surface area contributed by atoms with Crippen LogP contribution in [0.2, 0.25) is 0 Å². The number of rotatable bonds is 10. The van der Waals surface area contributed by atoms with E-state index in [1.807, 2.05) is 0 Å². The molecule has 236 valence electrons. The largest absolute Gasteiger partial charge is 0.454 e. The summed E-state index contributed by atoms with van der Waals surface area (Å²) in [6.07, 6.45) is 10.6. The van der Waals surface area contributed by atoms with Crippen LogP contribution in [-0.4, -0.2) is 81.4 Å². The van der Waals surface area contributed by atoms with Gasteiger partial charge in [-0.15, -0.1) is 0 Å². The van der Waals surface area contributed by atoms with Crippen molar-refractivity contribution in [1.82, 2.24) is 39.1 Å². The SMILES string of the molecule is CC(C)N1CCC(O)(Cn2cc(Oc3ccc(OC(F)F)c(-c4nn(C)cc4NC(=O)c4cnn5cccnc45)c3)cn2)CC1. The molecule has 6 rings (SSSR count). The van der Waals surface area contributed by atoms with E-state index in [4.69, 9.17) is 9.47 Å². The number of alkyl halides is 2. The summed E-state index contributed by atoms with van der Waals surface area (Å²) < 4.78 is 42.2. The maximum Gasteiger partial charge on any atom is 0.387 e. The van der Waals surface area contributed by atoms with Gasteiger partial charge in [0.1, 0.15) is 22.8 Å². The van der Waals surface area contributed by atoms with Crippen LogP contribution in [0.1, 0.15) is 37.0 Å². The quantitative estimate of drug-likeness (QED) is 0.235. The molecule has 5 heterocycles. The first-order valence-corrected chi connectivity index (χ1v) is 14.5. The molecule has 1 aliphatic rings. The van der Waals surface area contributed by atoms with Crippen molar-refractivity contribution >= 4 is 17.2 Å². The summed E-state index contributed by atoms with van der Waals surface area (Å²) >= 11 is 0. The summed E-state index contributed by atoms with van der Waals surface area (Å²) in [5.74, 6) is 0.0205. The minimum Gasteiger partial charge on any atom is -0.454 e. The lowest BCUT2D eigenvalue weighted by molar-refractivity contribution is -0.0495. The molecule has 4 aromatic heterocycles. The fourth-order valence-electron chi connectivity index (χ4n) is 5.45. The van der Waals surface area contributed by atoms with Crippen LogP contribution in [0.25, 0.3) is 16.9 Å². The van der Waals surface area contributed by atoms with Gasteiger partial charge in [0.2, 0.25) is 0 Å². The number of hydrogen-bond acceptors (Lipinski definition) is 9. The minimum atomic E-state index is -3.10. The first-order valence-electron chi connectivity index (χ1n) is 14.5. The van der Waals surface area contributed by atoms with Crippen molar-refractivity contribution in [3.63, 3.8) is 0 Å². The fourth-order valence-corrected chi connectivity index (χ4v) is 5.45. The van der Waals surface area contributed by atoms with Crippen LogP contribution < -0.4 is 14.8 Å². The van der Waals surface area contributed by atoms with Crippen molar-refractivity contribution < 1.29 is 28.2 Å². The van der Waals surface area contributed by atoms with Crippen molar-refractivity contribution in [1.29, 1.82) is 0 Å². The number of nitrogens with zero attached hydrogens (tertiary/aromatic N) is 8. The van der Waals surface area contributed by atoms with Crippen LogP contribution in [0.5, 0.6) is 17.2 Å². The van der Waals surface area contributed by atoms with Crippen molar-refractivity contribution in [2.75, 3.05) is 18.4 Å². The Bertz CT molecular complexity index is 1810. The van der Waals surface area contributed by atoms with Crippen LogP contribution in [0.4, 0.5) is 14.5 Å². The van der Waals surface area contributed by atoms with Gasteiger partial charge < -0.3 is 24.8 Å². The highest BCUT2D eigenvalue weighted by molar-refractivity contribution is 6.09. The summed E-state index contributed by atoms with van der Waals surface area (Å²) in [4.78, 5) is 19.8. The number of amides is 1. The molecule has 1 saturated heterocycles. The third-order valence-electron chi connectivity index (χ3n) is 7.78. The molecule has 0 saturated carbocycles. The molecule has 0 bridgehead atoms. The minimum absolute atomic E-state index is 0.158. The van der Waals surface area contributed by atoms with E-state index in [1.165, 1.54) is 39.8 Å². The van der Waals surface area contributed by atoms with Gasteiger partial charge in [-0.1, -0.05) is 0 Å². The molecule has 45 heavy (non-hydrogen) atoms. The van der Waals surface area contributed by atoms with E-state index in [2.05, 4.69) is 44.3 Å². The highest BCUT2D eigenvalue weighted by atomic mass is 19.3. The molecule has 0 spiro atoms. The number of fused-ring (bicyclic) bond motifs is 1. The molecule has 1 aromatic carbocycles. The molecule has 0 radical (unpaired) electrons. The van der Waals surface area contributed by atoms with Gasteiger partial charge in [-0.3, -0.25) is 14.2 Å². The molecular formula is C30H33F2N9O4. The molecule has 1 amide bonds. The van der Waals surface area contributed by atoms with Crippen molar-refractivity contribution in [3.8, 4) is 28.5 Å². The lowest BCUT2D eigenvalue weighted by atomic mass is 9.91. The highest BCUT2D eigenvalue weighted by Crippen LogP contribution is 2.39. The summed E-state index contributed by atoms with van der Waals surface area (Å²) in [5, 5.41) is 26.9. The molecule has 0 atom stereocenters. The smallest absolute Gasteiger partial charge is 0.387 e. The zero-order valence-electron chi connectivity index (χ0n) is 25.0. The van der Waals surface area contributed by atoms with Crippen LogP contribution in [-0.2, 0) is 13.6 Å². The summed E-state index contributed by atoms with van der Waals surface area (Å²) in [6, 6.07) is 6.45. The van der Waals surface area contributed by atoms with Gasteiger partial charge in [0.05, 0.1) is 42.0 Å². The highest BCUT2D eigenvalue weighted by Gasteiger charge is 2.33. The summed E-state index contributed by atoms with van der Waals surface area (Å²) in [5.41, 5.74) is 0.293. The third-order valence-corrected chi connectivity index (χ3v) is 7.78. The van der Waals surface area contributed by atoms with Gasteiger partial charge in [0.15, 0.2) is 11.4 Å². The van der Waals surface area contributed by atoms with Gasteiger partial charge in [-0.25, -0.2) is 9.50 Å².